The van der Waals surface area contributed by atoms with Gasteiger partial charge in [-0.2, -0.15) is 13.2 Å². The molecule has 1 aromatic heterocycles. The van der Waals surface area contributed by atoms with Crippen LogP contribution in [0, 0.1) is 0 Å². The van der Waals surface area contributed by atoms with E-state index in [9.17, 15) is 18.0 Å². The quantitative estimate of drug-likeness (QED) is 0.784. The number of benzene rings is 1. The number of aromatic nitrogens is 1. The highest BCUT2D eigenvalue weighted by Gasteiger charge is 2.30. The number of ether oxygens (including phenoxy) is 1. The van der Waals surface area contributed by atoms with Crippen molar-refractivity contribution in [1.82, 2.24) is 4.98 Å². The Morgan fingerprint density at radius 2 is 1.56 bits per heavy atom. The summed E-state index contributed by atoms with van der Waals surface area (Å²) in [5.74, 6) is -1.07. The number of carbonyl (C=O) groups excluding carboxylic acids is 1. The van der Waals surface area contributed by atoms with Crippen LogP contribution >= 0.6 is 24.8 Å². The average Bonchev–Trinajstić information content (AvgIpc) is 2.53. The number of nitrogens with zero attached hydrogens (tertiary/aromatic N) is 1. The molecule has 0 spiro atoms. The maximum atomic E-state index is 12.0. The molecule has 1 heterocycles. The molecule has 0 aliphatic rings. The van der Waals surface area contributed by atoms with Gasteiger partial charge in [-0.15, -0.1) is 24.8 Å². The molecule has 25 heavy (non-hydrogen) atoms. The minimum atomic E-state index is -4.55. The highest BCUT2D eigenvalue weighted by molar-refractivity contribution is 5.85. The van der Waals surface area contributed by atoms with E-state index in [4.69, 9.17) is 5.73 Å². The first-order valence-corrected chi connectivity index (χ1v) is 6.83. The Hall–Kier alpha value is -1.83. The Morgan fingerprint density at radius 1 is 1.04 bits per heavy atom. The number of alkyl halides is 3. The molecular weight excluding hydrogens is 380 g/mol. The van der Waals surface area contributed by atoms with E-state index in [-0.39, 0.29) is 31.2 Å². The molecule has 0 radical (unpaired) electrons. The van der Waals surface area contributed by atoms with Crippen LogP contribution in [0.3, 0.4) is 0 Å². The molecule has 0 fully saturated rings. The number of carbonyl (C=O) groups is 1. The maximum absolute atomic E-state index is 12.0. The summed E-state index contributed by atoms with van der Waals surface area (Å²) in [6.07, 6.45) is -1.10. The van der Waals surface area contributed by atoms with Gasteiger partial charge in [-0.05, 0) is 35.2 Å². The molecule has 0 saturated heterocycles. The first-order chi connectivity index (χ1) is 10.8. The number of hydrogen-bond acceptors (Lipinski definition) is 4. The molecule has 0 unspecified atom stereocenters. The van der Waals surface area contributed by atoms with Crippen LogP contribution < -0.4 is 5.73 Å². The maximum Gasteiger partial charge on any atom is 0.422 e. The second kappa shape index (κ2) is 10.2. The van der Waals surface area contributed by atoms with Crippen LogP contribution in [0.25, 0.3) is 11.1 Å². The lowest BCUT2D eigenvalue weighted by molar-refractivity contribution is -0.187. The molecule has 138 valence electrons. The van der Waals surface area contributed by atoms with E-state index >= 15 is 0 Å². The standard InChI is InChI=1S/C16H15F3N2O2.2ClH/c17-16(18,19)10-23-15(22)14(20)9-11-1-3-12(4-2-11)13-5-7-21-8-6-13;;/h1-8,14H,9-10,20H2;2*1H/t14-;;/m0../s1. The fourth-order valence-corrected chi connectivity index (χ4v) is 1.97. The summed E-state index contributed by atoms with van der Waals surface area (Å²) in [5.41, 5.74) is 8.26. The van der Waals surface area contributed by atoms with Crippen LogP contribution in [-0.2, 0) is 16.0 Å². The molecule has 0 amide bonds. The number of rotatable bonds is 5. The van der Waals surface area contributed by atoms with Gasteiger partial charge in [-0.1, -0.05) is 24.3 Å². The molecule has 0 aliphatic carbocycles. The Morgan fingerprint density at radius 3 is 2.08 bits per heavy atom. The fourth-order valence-electron chi connectivity index (χ4n) is 1.97. The summed E-state index contributed by atoms with van der Waals surface area (Å²) in [4.78, 5) is 15.4. The van der Waals surface area contributed by atoms with Crippen molar-refractivity contribution in [3.63, 3.8) is 0 Å². The van der Waals surface area contributed by atoms with Gasteiger partial charge in [0.2, 0.25) is 0 Å². The molecule has 1 atom stereocenters. The molecule has 1 aromatic carbocycles. The van der Waals surface area contributed by atoms with Gasteiger partial charge in [0.1, 0.15) is 6.04 Å². The number of pyridine rings is 1. The van der Waals surface area contributed by atoms with Gasteiger partial charge < -0.3 is 10.5 Å². The van der Waals surface area contributed by atoms with Gasteiger partial charge in [0.25, 0.3) is 0 Å². The molecule has 0 saturated carbocycles. The van der Waals surface area contributed by atoms with Crippen LogP contribution in [0.4, 0.5) is 13.2 Å². The fraction of sp³-hybridized carbons (Fsp3) is 0.250. The van der Waals surface area contributed by atoms with Crippen molar-refractivity contribution in [2.24, 2.45) is 5.73 Å². The monoisotopic (exact) mass is 396 g/mol. The molecule has 4 nitrogen and oxygen atoms in total. The van der Waals surface area contributed by atoms with Crippen LogP contribution in [-0.4, -0.2) is 29.8 Å². The first-order valence-electron chi connectivity index (χ1n) is 6.83. The summed E-state index contributed by atoms with van der Waals surface area (Å²) >= 11 is 0. The summed E-state index contributed by atoms with van der Waals surface area (Å²) in [6.45, 7) is -1.62. The van der Waals surface area contributed by atoms with Crippen molar-refractivity contribution in [2.45, 2.75) is 18.6 Å². The van der Waals surface area contributed by atoms with Gasteiger partial charge in [0.05, 0.1) is 0 Å². The van der Waals surface area contributed by atoms with Crippen LogP contribution in [0.1, 0.15) is 5.56 Å². The van der Waals surface area contributed by atoms with Crippen molar-refractivity contribution in [1.29, 1.82) is 0 Å². The lowest BCUT2D eigenvalue weighted by Gasteiger charge is -2.13. The van der Waals surface area contributed by atoms with Crippen molar-refractivity contribution in [3.8, 4) is 11.1 Å². The minimum absolute atomic E-state index is 0. The van der Waals surface area contributed by atoms with Gasteiger partial charge >= 0.3 is 12.1 Å². The van der Waals surface area contributed by atoms with Crippen LogP contribution in [0.2, 0.25) is 0 Å². The molecule has 2 rings (SSSR count). The summed E-state index contributed by atoms with van der Waals surface area (Å²) < 4.78 is 40.1. The zero-order chi connectivity index (χ0) is 16.9. The van der Waals surface area contributed by atoms with E-state index in [1.165, 1.54) is 0 Å². The molecular formula is C16H17Cl2F3N2O2. The van der Waals surface area contributed by atoms with E-state index in [0.29, 0.717) is 0 Å². The third-order valence-electron chi connectivity index (χ3n) is 3.10. The van der Waals surface area contributed by atoms with Gasteiger partial charge in [-0.25, -0.2) is 0 Å². The number of esters is 1. The third kappa shape index (κ3) is 7.72. The van der Waals surface area contributed by atoms with E-state index < -0.39 is 24.8 Å². The molecule has 0 bridgehead atoms. The van der Waals surface area contributed by atoms with Crippen molar-refractivity contribution < 1.29 is 22.7 Å². The predicted octanol–water partition coefficient (Wildman–Crippen LogP) is 3.57. The summed E-state index contributed by atoms with van der Waals surface area (Å²) in [5, 5.41) is 0. The molecule has 2 aromatic rings. The van der Waals surface area contributed by atoms with E-state index in [2.05, 4.69) is 9.72 Å². The number of nitrogens with two attached hydrogens (primary N) is 1. The lowest BCUT2D eigenvalue weighted by Crippen LogP contribution is -2.36. The zero-order valence-electron chi connectivity index (χ0n) is 12.9. The number of hydrogen-bond donors (Lipinski definition) is 1. The number of halogens is 5. The second-order valence-electron chi connectivity index (χ2n) is 4.97. The normalized spacial score (nSPS) is 11.7. The molecule has 9 heteroatoms. The Bertz CT molecular complexity index is 653. The van der Waals surface area contributed by atoms with Gasteiger partial charge in [-0.3, -0.25) is 9.78 Å². The smallest absolute Gasteiger partial charge is 0.422 e. The van der Waals surface area contributed by atoms with Crippen molar-refractivity contribution in [2.75, 3.05) is 6.61 Å². The first kappa shape index (κ1) is 23.2. The van der Waals surface area contributed by atoms with E-state index in [1.807, 2.05) is 24.3 Å². The zero-order valence-corrected chi connectivity index (χ0v) is 14.5. The third-order valence-corrected chi connectivity index (χ3v) is 3.10. The average molecular weight is 397 g/mol. The van der Waals surface area contributed by atoms with Crippen LogP contribution in [0.5, 0.6) is 0 Å². The van der Waals surface area contributed by atoms with Crippen molar-refractivity contribution in [3.05, 3.63) is 54.4 Å². The van der Waals surface area contributed by atoms with Gasteiger partial charge in [0.15, 0.2) is 6.61 Å². The van der Waals surface area contributed by atoms with Gasteiger partial charge in [0, 0.05) is 12.4 Å². The predicted molar refractivity (Wildman–Crippen MR) is 92.9 cm³/mol. The highest BCUT2D eigenvalue weighted by atomic mass is 35.5. The van der Waals surface area contributed by atoms with E-state index in [0.717, 1.165) is 16.7 Å². The molecule has 2 N–H and O–H groups in total. The highest BCUT2D eigenvalue weighted by Crippen LogP contribution is 2.19. The van der Waals surface area contributed by atoms with Crippen LogP contribution in [0.15, 0.2) is 48.8 Å². The Balaban J connectivity index is 0.00000288. The summed E-state index contributed by atoms with van der Waals surface area (Å²) in [7, 11) is 0. The molecule has 0 aliphatic heterocycles. The Kier molecular flexibility index (Phi) is 9.48. The summed E-state index contributed by atoms with van der Waals surface area (Å²) in [6, 6.07) is 9.81. The second-order valence-corrected chi connectivity index (χ2v) is 4.97. The SMILES string of the molecule is Cl.Cl.N[C@@H](Cc1ccc(-c2ccncc2)cc1)C(=O)OCC(F)(F)F. The topological polar surface area (TPSA) is 65.2 Å². The lowest BCUT2D eigenvalue weighted by atomic mass is 10.0. The van der Waals surface area contributed by atoms with Crippen molar-refractivity contribution >= 4 is 30.8 Å². The Labute approximate surface area is 155 Å². The largest absolute Gasteiger partial charge is 0.455 e. The van der Waals surface area contributed by atoms with E-state index in [1.54, 1.807) is 24.5 Å². The minimum Gasteiger partial charge on any atom is -0.455 e.